The lowest BCUT2D eigenvalue weighted by Crippen LogP contribution is -2.28. The monoisotopic (exact) mass is 852 g/mol. The highest BCUT2D eigenvalue weighted by atomic mass is 32.1. The Hall–Kier alpha value is -6.98. The van der Waals surface area contributed by atoms with Crippen LogP contribution in [0.1, 0.15) is 43.2 Å². The molecule has 1 saturated carbocycles. The van der Waals surface area contributed by atoms with Crippen LogP contribution in [0.5, 0.6) is 0 Å². The van der Waals surface area contributed by atoms with Crippen LogP contribution in [0, 0.1) is 0 Å². The van der Waals surface area contributed by atoms with Crippen LogP contribution in [0.2, 0.25) is 0 Å². The van der Waals surface area contributed by atoms with Gasteiger partial charge in [0.15, 0.2) is 0 Å². The summed E-state index contributed by atoms with van der Waals surface area (Å²) in [6, 6.07) is 69.5. The van der Waals surface area contributed by atoms with Crippen molar-refractivity contribution >= 4 is 107 Å². The van der Waals surface area contributed by atoms with Crippen molar-refractivity contribution in [1.29, 1.82) is 0 Å². The van der Waals surface area contributed by atoms with Crippen LogP contribution in [-0.2, 0) is 5.41 Å². The molecule has 2 aliphatic carbocycles. The van der Waals surface area contributed by atoms with E-state index in [1.165, 1.54) is 161 Å². The first kappa shape index (κ1) is 35.5. The van der Waals surface area contributed by atoms with E-state index in [2.05, 4.69) is 191 Å². The predicted octanol–water partition coefficient (Wildman–Crippen LogP) is 17.5. The molecule has 2 nitrogen and oxygen atoms in total. The zero-order chi connectivity index (χ0) is 41.7. The third kappa shape index (κ3) is 4.79. The topological polar surface area (TPSA) is 9.86 Å². The van der Waals surface area contributed by atoms with Gasteiger partial charge in [-0.05, 0) is 119 Å². The second kappa shape index (κ2) is 13.0. The van der Waals surface area contributed by atoms with Crippen LogP contribution in [0.4, 0.5) is 0 Å². The summed E-state index contributed by atoms with van der Waals surface area (Å²) in [5.74, 6) is 0. The lowest BCUT2D eigenvalue weighted by molar-refractivity contribution is 0.353. The summed E-state index contributed by atoms with van der Waals surface area (Å²) >= 11 is 3.78. The Morgan fingerprint density at radius 1 is 0.328 bits per heavy atom. The predicted molar refractivity (Wildman–Crippen MR) is 276 cm³/mol. The van der Waals surface area contributed by atoms with Crippen LogP contribution < -0.4 is 0 Å². The number of rotatable bonds is 3. The Balaban J connectivity index is 0.933. The molecule has 2 aliphatic rings. The van der Waals surface area contributed by atoms with E-state index in [9.17, 15) is 0 Å². The summed E-state index contributed by atoms with van der Waals surface area (Å²) in [6.07, 6.45) is 6.26. The van der Waals surface area contributed by atoms with Gasteiger partial charge in [0.2, 0.25) is 0 Å². The average molecular weight is 853 g/mol. The van der Waals surface area contributed by atoms with Crippen molar-refractivity contribution in [1.82, 2.24) is 9.13 Å². The molecular weight excluding hydrogens is 813 g/mol. The molecular formula is C60H40N2S2. The van der Waals surface area contributed by atoms with Gasteiger partial charge in [0, 0.05) is 78.7 Å². The van der Waals surface area contributed by atoms with Crippen molar-refractivity contribution < 1.29 is 0 Å². The lowest BCUT2D eigenvalue weighted by atomic mass is 9.67. The van der Waals surface area contributed by atoms with Crippen LogP contribution in [0.3, 0.4) is 0 Å². The summed E-state index contributed by atoms with van der Waals surface area (Å²) in [4.78, 5) is 0. The van der Waals surface area contributed by atoms with E-state index in [4.69, 9.17) is 0 Å². The van der Waals surface area contributed by atoms with Gasteiger partial charge in [0.25, 0.3) is 0 Å². The molecule has 4 heteroatoms. The fourth-order valence-corrected chi connectivity index (χ4v) is 14.5. The molecule has 1 fully saturated rings. The van der Waals surface area contributed by atoms with Crippen LogP contribution in [-0.4, -0.2) is 9.13 Å². The van der Waals surface area contributed by atoms with Gasteiger partial charge < -0.3 is 9.13 Å². The normalized spacial score (nSPS) is 14.7. The molecule has 302 valence electrons. The molecule has 64 heavy (non-hydrogen) atoms. The fraction of sp³-hybridized carbons (Fsp3) is 0.100. The summed E-state index contributed by atoms with van der Waals surface area (Å²) in [5, 5.41) is 10.6. The molecule has 0 N–H and O–H groups in total. The van der Waals surface area contributed by atoms with Crippen molar-refractivity contribution in [3.8, 4) is 33.6 Å². The minimum absolute atomic E-state index is 0.0381. The lowest BCUT2D eigenvalue weighted by Gasteiger charge is -2.36. The van der Waals surface area contributed by atoms with Crippen LogP contribution in [0.15, 0.2) is 182 Å². The van der Waals surface area contributed by atoms with E-state index >= 15 is 0 Å². The zero-order valence-corrected chi connectivity index (χ0v) is 36.7. The van der Waals surface area contributed by atoms with Gasteiger partial charge in [-0.2, -0.15) is 0 Å². The quantitative estimate of drug-likeness (QED) is 0.168. The van der Waals surface area contributed by atoms with Crippen LogP contribution in [0.25, 0.3) is 118 Å². The number of hydrogen-bond acceptors (Lipinski definition) is 2. The second-order valence-electron chi connectivity index (χ2n) is 18.3. The minimum atomic E-state index is 0.0381. The van der Waals surface area contributed by atoms with Gasteiger partial charge in [-0.15, -0.1) is 22.7 Å². The molecule has 4 heterocycles. The number of thiophene rings is 2. The SMILES string of the molecule is c1ccc2c(c1)sc1cc(-n3c4ccccc4c4ccc(-c5ccc6c(c5)-c5cc7c(cc5C65CCCCC5)c5ccccc5n7-c5ccc6c(c5)sc5ccccc56)cc43)ccc12. The van der Waals surface area contributed by atoms with Crippen molar-refractivity contribution in [2.24, 2.45) is 0 Å². The van der Waals surface area contributed by atoms with Gasteiger partial charge in [-0.25, -0.2) is 0 Å². The molecule has 1 spiro atoms. The highest BCUT2D eigenvalue weighted by molar-refractivity contribution is 7.26. The third-order valence-electron chi connectivity index (χ3n) is 15.1. The number of fused-ring (bicyclic) bond motifs is 17. The molecule has 0 radical (unpaired) electrons. The van der Waals surface area contributed by atoms with Crippen molar-refractivity contribution in [2.45, 2.75) is 37.5 Å². The highest BCUT2D eigenvalue weighted by Gasteiger charge is 2.44. The molecule has 0 atom stereocenters. The van der Waals surface area contributed by atoms with Crippen molar-refractivity contribution in [2.75, 3.05) is 0 Å². The van der Waals surface area contributed by atoms with E-state index in [-0.39, 0.29) is 5.41 Å². The third-order valence-corrected chi connectivity index (χ3v) is 17.4. The first-order valence-electron chi connectivity index (χ1n) is 22.8. The zero-order valence-electron chi connectivity index (χ0n) is 35.1. The molecule has 0 amide bonds. The Morgan fingerprint density at radius 3 is 1.47 bits per heavy atom. The maximum Gasteiger partial charge on any atom is 0.0547 e. The largest absolute Gasteiger partial charge is 0.309 e. The minimum Gasteiger partial charge on any atom is -0.309 e. The molecule has 0 aliphatic heterocycles. The number of benzene rings is 9. The number of nitrogens with zero attached hydrogens (tertiary/aromatic N) is 2. The number of aromatic nitrogens is 2. The number of hydrogen-bond donors (Lipinski definition) is 0. The maximum atomic E-state index is 2.62. The molecule has 0 unspecified atom stereocenters. The van der Waals surface area contributed by atoms with Gasteiger partial charge in [-0.3, -0.25) is 0 Å². The van der Waals surface area contributed by atoms with Crippen LogP contribution >= 0.6 is 22.7 Å². The van der Waals surface area contributed by atoms with Gasteiger partial charge >= 0.3 is 0 Å². The average Bonchev–Trinajstić information content (AvgIpc) is 4.14. The molecule has 15 rings (SSSR count). The van der Waals surface area contributed by atoms with Crippen molar-refractivity contribution in [3.63, 3.8) is 0 Å². The highest BCUT2D eigenvalue weighted by Crippen LogP contribution is 2.58. The Bertz CT molecular complexity index is 4130. The van der Waals surface area contributed by atoms with Gasteiger partial charge in [0.1, 0.15) is 0 Å². The van der Waals surface area contributed by atoms with E-state index in [1.807, 2.05) is 22.7 Å². The molecule has 0 bridgehead atoms. The second-order valence-corrected chi connectivity index (χ2v) is 20.5. The van der Waals surface area contributed by atoms with Crippen molar-refractivity contribution in [3.05, 3.63) is 193 Å². The van der Waals surface area contributed by atoms with Gasteiger partial charge in [0.05, 0.1) is 22.1 Å². The maximum absolute atomic E-state index is 2.62. The smallest absolute Gasteiger partial charge is 0.0547 e. The van der Waals surface area contributed by atoms with Gasteiger partial charge in [-0.1, -0.05) is 128 Å². The molecule has 4 aromatic heterocycles. The first-order valence-corrected chi connectivity index (χ1v) is 24.4. The summed E-state index contributed by atoms with van der Waals surface area (Å²) in [7, 11) is 0. The first-order chi connectivity index (χ1) is 31.7. The Kier molecular flexibility index (Phi) is 7.23. The van der Waals surface area contributed by atoms with E-state index in [0.29, 0.717) is 0 Å². The Morgan fingerprint density at radius 2 is 0.812 bits per heavy atom. The van der Waals surface area contributed by atoms with E-state index < -0.39 is 0 Å². The summed E-state index contributed by atoms with van der Waals surface area (Å²) < 4.78 is 10.4. The van der Waals surface area contributed by atoms with E-state index in [0.717, 1.165) is 0 Å². The summed E-state index contributed by atoms with van der Waals surface area (Å²) in [6.45, 7) is 0. The molecule has 9 aromatic carbocycles. The molecule has 0 saturated heterocycles. The molecule has 13 aromatic rings. The summed E-state index contributed by atoms with van der Waals surface area (Å²) in [5.41, 5.74) is 15.9. The fourth-order valence-electron chi connectivity index (χ4n) is 12.3. The number of para-hydroxylation sites is 2. The standard InChI is InChI=1S/C60H40N2S2/c1-10-28-60(29-11-1)50-27-21-36(37-20-24-42-40-12-2-6-16-52(40)61(54(42)31-37)38-22-25-45-43-14-4-8-18-56(43)63-58(45)32-38)30-47(50)48-35-55-49(34-51(48)60)41-13-3-7-17-53(41)62(55)39-23-26-46-44-15-5-9-19-57(44)64-59(46)33-39/h2-9,12-27,30-35H,1,10-11,28-29H2. The Labute approximate surface area is 377 Å². The van der Waals surface area contributed by atoms with E-state index in [1.54, 1.807) is 0 Å².